The average Bonchev–Trinajstić information content (AvgIpc) is 2.38. The molecule has 2 rings (SSSR count). The van der Waals surface area contributed by atoms with Crippen LogP contribution >= 0.6 is 0 Å². The van der Waals surface area contributed by atoms with Crippen molar-refractivity contribution in [1.82, 2.24) is 4.98 Å². The van der Waals surface area contributed by atoms with Crippen molar-refractivity contribution in [2.75, 3.05) is 0 Å². The maximum absolute atomic E-state index is 8.73. The number of ether oxygens (including phenoxy) is 1. The summed E-state index contributed by atoms with van der Waals surface area (Å²) in [7, 11) is 0. The number of hydrogen-bond acceptors (Lipinski definition) is 3. The molecule has 0 unspecified atom stereocenters. The first kappa shape index (κ1) is 10.2. The number of hydrogen-bond donors (Lipinski definition) is 0. The summed E-state index contributed by atoms with van der Waals surface area (Å²) in [6, 6.07) is 13.0. The molecule has 0 saturated carbocycles. The molecule has 0 atom stereocenters. The van der Waals surface area contributed by atoms with Crippen molar-refractivity contribution >= 4 is 0 Å². The lowest BCUT2D eigenvalue weighted by Crippen LogP contribution is -1.95. The van der Waals surface area contributed by atoms with Crippen molar-refractivity contribution in [1.29, 1.82) is 5.26 Å². The number of benzene rings is 1. The summed E-state index contributed by atoms with van der Waals surface area (Å²) in [6.07, 6.45) is 3.48. The molecule has 3 nitrogen and oxygen atoms in total. The summed E-state index contributed by atoms with van der Waals surface area (Å²) in [5.74, 6) is 0.697. The summed E-state index contributed by atoms with van der Waals surface area (Å²) >= 11 is 0. The van der Waals surface area contributed by atoms with Crippen molar-refractivity contribution < 1.29 is 4.74 Å². The van der Waals surface area contributed by atoms with E-state index in [4.69, 9.17) is 10.00 Å². The van der Waals surface area contributed by atoms with Crippen LogP contribution in [-0.4, -0.2) is 4.98 Å². The molecule has 0 radical (unpaired) electrons. The van der Waals surface area contributed by atoms with Crippen LogP contribution in [0, 0.1) is 11.3 Å². The monoisotopic (exact) mass is 210 g/mol. The Bertz CT molecular complexity index is 503. The second-order valence-corrected chi connectivity index (χ2v) is 3.29. The molecule has 0 amide bonds. The van der Waals surface area contributed by atoms with Crippen LogP contribution in [0.3, 0.4) is 0 Å². The van der Waals surface area contributed by atoms with E-state index >= 15 is 0 Å². The van der Waals surface area contributed by atoms with Gasteiger partial charge in [-0.3, -0.25) is 4.98 Å². The molecule has 0 aliphatic carbocycles. The van der Waals surface area contributed by atoms with E-state index in [9.17, 15) is 0 Å². The standard InChI is InChI=1S/C13H10N2O/c14-8-11-3-1-5-13(7-11)16-10-12-4-2-6-15-9-12/h1-7,9H,10H2. The number of nitrogens with zero attached hydrogens (tertiary/aromatic N) is 2. The Morgan fingerprint density at radius 2 is 2.19 bits per heavy atom. The maximum atomic E-state index is 8.73. The van der Waals surface area contributed by atoms with E-state index in [-0.39, 0.29) is 0 Å². The molecule has 0 fully saturated rings. The second-order valence-electron chi connectivity index (χ2n) is 3.29. The molecule has 0 bridgehead atoms. The summed E-state index contributed by atoms with van der Waals surface area (Å²) in [6.45, 7) is 0.461. The predicted octanol–water partition coefficient (Wildman–Crippen LogP) is 2.53. The Balaban J connectivity index is 2.03. The number of nitriles is 1. The molecule has 2 aromatic rings. The first-order valence-corrected chi connectivity index (χ1v) is 4.90. The van der Waals surface area contributed by atoms with Crippen LogP contribution in [0.15, 0.2) is 48.8 Å². The molecule has 0 saturated heterocycles. The molecule has 0 aliphatic heterocycles. The molecule has 1 aromatic heterocycles. The van der Waals surface area contributed by atoms with Crippen LogP contribution in [0.4, 0.5) is 0 Å². The molecule has 78 valence electrons. The van der Waals surface area contributed by atoms with Gasteiger partial charge in [0.2, 0.25) is 0 Å². The first-order chi connectivity index (χ1) is 7.88. The van der Waals surface area contributed by atoms with Gasteiger partial charge in [0, 0.05) is 18.0 Å². The fraction of sp³-hybridized carbons (Fsp3) is 0.0769. The van der Waals surface area contributed by atoms with Gasteiger partial charge in [0.05, 0.1) is 11.6 Å². The van der Waals surface area contributed by atoms with Gasteiger partial charge >= 0.3 is 0 Å². The molecule has 16 heavy (non-hydrogen) atoms. The summed E-state index contributed by atoms with van der Waals surface area (Å²) in [5, 5.41) is 8.73. The highest BCUT2D eigenvalue weighted by atomic mass is 16.5. The minimum atomic E-state index is 0.461. The van der Waals surface area contributed by atoms with E-state index in [1.54, 1.807) is 30.6 Å². The highest BCUT2D eigenvalue weighted by Crippen LogP contribution is 2.14. The lowest BCUT2D eigenvalue weighted by atomic mass is 10.2. The SMILES string of the molecule is N#Cc1cccc(OCc2cccnc2)c1. The first-order valence-electron chi connectivity index (χ1n) is 4.90. The van der Waals surface area contributed by atoms with Crippen molar-refractivity contribution in [2.24, 2.45) is 0 Å². The summed E-state index contributed by atoms with van der Waals surface area (Å²) in [4.78, 5) is 4.00. The smallest absolute Gasteiger partial charge is 0.121 e. The van der Waals surface area contributed by atoms with Gasteiger partial charge in [-0.25, -0.2) is 0 Å². The van der Waals surface area contributed by atoms with E-state index in [0.29, 0.717) is 17.9 Å². The molecular weight excluding hydrogens is 200 g/mol. The van der Waals surface area contributed by atoms with Gasteiger partial charge in [0.15, 0.2) is 0 Å². The molecule has 1 aromatic carbocycles. The van der Waals surface area contributed by atoms with E-state index < -0.39 is 0 Å². The van der Waals surface area contributed by atoms with Gasteiger partial charge in [-0.1, -0.05) is 12.1 Å². The molecule has 0 aliphatic rings. The Morgan fingerprint density at radius 3 is 2.94 bits per heavy atom. The van der Waals surface area contributed by atoms with Crippen molar-refractivity contribution in [3.8, 4) is 11.8 Å². The zero-order valence-corrected chi connectivity index (χ0v) is 8.63. The average molecular weight is 210 g/mol. The summed E-state index contributed by atoms with van der Waals surface area (Å²) in [5.41, 5.74) is 1.61. The van der Waals surface area contributed by atoms with Crippen LogP contribution < -0.4 is 4.74 Å². The second kappa shape index (κ2) is 4.94. The van der Waals surface area contributed by atoms with Crippen LogP contribution in [0.2, 0.25) is 0 Å². The quantitative estimate of drug-likeness (QED) is 0.782. The zero-order valence-electron chi connectivity index (χ0n) is 8.63. The van der Waals surface area contributed by atoms with E-state index in [1.807, 2.05) is 18.2 Å². The highest BCUT2D eigenvalue weighted by molar-refractivity contribution is 5.36. The fourth-order valence-corrected chi connectivity index (χ4v) is 1.31. The minimum Gasteiger partial charge on any atom is -0.489 e. The third kappa shape index (κ3) is 2.58. The molecular formula is C13H10N2O. The number of rotatable bonds is 3. The summed E-state index contributed by atoms with van der Waals surface area (Å²) < 4.78 is 5.54. The van der Waals surface area contributed by atoms with E-state index in [1.165, 1.54) is 0 Å². The fourth-order valence-electron chi connectivity index (χ4n) is 1.31. The Hall–Kier alpha value is -2.34. The van der Waals surface area contributed by atoms with Crippen molar-refractivity contribution in [3.05, 3.63) is 59.9 Å². The lowest BCUT2D eigenvalue weighted by Gasteiger charge is -2.05. The van der Waals surface area contributed by atoms with Gasteiger partial charge in [0.1, 0.15) is 12.4 Å². The number of aromatic nitrogens is 1. The van der Waals surface area contributed by atoms with E-state index in [0.717, 1.165) is 5.56 Å². The molecule has 0 N–H and O–H groups in total. The van der Waals surface area contributed by atoms with Crippen LogP contribution in [0.25, 0.3) is 0 Å². The maximum Gasteiger partial charge on any atom is 0.121 e. The Kier molecular flexibility index (Phi) is 3.15. The van der Waals surface area contributed by atoms with Gasteiger partial charge in [-0.05, 0) is 24.3 Å². The normalized spacial score (nSPS) is 9.44. The molecule has 0 spiro atoms. The Labute approximate surface area is 93.9 Å². The van der Waals surface area contributed by atoms with Gasteiger partial charge in [-0.15, -0.1) is 0 Å². The molecule has 1 heterocycles. The van der Waals surface area contributed by atoms with Crippen molar-refractivity contribution in [3.63, 3.8) is 0 Å². The van der Waals surface area contributed by atoms with Crippen LogP contribution in [0.5, 0.6) is 5.75 Å². The number of pyridine rings is 1. The largest absolute Gasteiger partial charge is 0.489 e. The third-order valence-corrected chi connectivity index (χ3v) is 2.09. The topological polar surface area (TPSA) is 45.9 Å². The minimum absolute atomic E-state index is 0.461. The van der Waals surface area contributed by atoms with Gasteiger partial charge in [-0.2, -0.15) is 5.26 Å². The van der Waals surface area contributed by atoms with Gasteiger partial charge < -0.3 is 4.74 Å². The van der Waals surface area contributed by atoms with Crippen molar-refractivity contribution in [2.45, 2.75) is 6.61 Å². The lowest BCUT2D eigenvalue weighted by molar-refractivity contribution is 0.305. The third-order valence-electron chi connectivity index (χ3n) is 2.09. The van der Waals surface area contributed by atoms with Crippen LogP contribution in [0.1, 0.15) is 11.1 Å². The van der Waals surface area contributed by atoms with Gasteiger partial charge in [0.25, 0.3) is 0 Å². The highest BCUT2D eigenvalue weighted by Gasteiger charge is 1.97. The zero-order chi connectivity index (χ0) is 11.2. The molecule has 3 heteroatoms. The van der Waals surface area contributed by atoms with E-state index in [2.05, 4.69) is 11.1 Å². The van der Waals surface area contributed by atoms with Crippen LogP contribution in [-0.2, 0) is 6.61 Å². The Morgan fingerprint density at radius 1 is 1.25 bits per heavy atom. The predicted molar refractivity (Wildman–Crippen MR) is 59.7 cm³/mol.